The molecular formula is C24H30ClNO8. The summed E-state index contributed by atoms with van der Waals surface area (Å²) in [5.41, 5.74) is -0.464. The van der Waals surface area contributed by atoms with E-state index in [4.69, 9.17) is 21.4 Å². The van der Waals surface area contributed by atoms with Crippen molar-refractivity contribution in [2.75, 3.05) is 20.2 Å². The number of carbonyl (C=O) groups is 2. The first-order valence-corrected chi connectivity index (χ1v) is 10.9. The first-order chi connectivity index (χ1) is 15.9. The summed E-state index contributed by atoms with van der Waals surface area (Å²) in [6.45, 7) is 1.87. The SMILES string of the molecule is CN(CC(O)C(O)C(O)C(O)CO)C(=O)C(C)(C)Oc1ccc(C(=O)c2ccc(Cl)cc2)cc1. The van der Waals surface area contributed by atoms with Crippen molar-refractivity contribution in [1.82, 2.24) is 4.90 Å². The Morgan fingerprint density at radius 1 is 0.912 bits per heavy atom. The molecule has 9 nitrogen and oxygen atoms in total. The number of rotatable bonds is 11. The van der Waals surface area contributed by atoms with E-state index < -0.39 is 42.5 Å². The van der Waals surface area contributed by atoms with Crippen LogP contribution in [0.15, 0.2) is 48.5 Å². The van der Waals surface area contributed by atoms with E-state index in [2.05, 4.69) is 0 Å². The Morgan fingerprint density at radius 2 is 1.38 bits per heavy atom. The van der Waals surface area contributed by atoms with E-state index in [1.807, 2.05) is 0 Å². The van der Waals surface area contributed by atoms with Gasteiger partial charge in [0.2, 0.25) is 0 Å². The van der Waals surface area contributed by atoms with E-state index in [9.17, 15) is 30.0 Å². The Labute approximate surface area is 202 Å². The van der Waals surface area contributed by atoms with Gasteiger partial charge in [0.05, 0.1) is 6.61 Å². The van der Waals surface area contributed by atoms with Gasteiger partial charge in [0.15, 0.2) is 11.4 Å². The summed E-state index contributed by atoms with van der Waals surface area (Å²) in [7, 11) is 1.38. The number of halogens is 1. The highest BCUT2D eigenvalue weighted by molar-refractivity contribution is 6.30. The molecule has 0 aromatic heterocycles. The zero-order valence-electron chi connectivity index (χ0n) is 19.1. The fourth-order valence-corrected chi connectivity index (χ4v) is 3.40. The van der Waals surface area contributed by atoms with Gasteiger partial charge in [-0.2, -0.15) is 0 Å². The van der Waals surface area contributed by atoms with Crippen LogP contribution in [-0.4, -0.2) is 92.3 Å². The summed E-state index contributed by atoms with van der Waals surface area (Å²) in [4.78, 5) is 26.6. The number of hydrogen-bond donors (Lipinski definition) is 5. The van der Waals surface area contributed by atoms with E-state index in [0.717, 1.165) is 4.90 Å². The van der Waals surface area contributed by atoms with E-state index >= 15 is 0 Å². The molecule has 0 aliphatic rings. The minimum absolute atomic E-state index is 0.195. The smallest absolute Gasteiger partial charge is 0.266 e. The number of benzene rings is 2. The maximum Gasteiger partial charge on any atom is 0.266 e. The third-order valence-electron chi connectivity index (χ3n) is 5.24. The number of ether oxygens (including phenoxy) is 1. The van der Waals surface area contributed by atoms with Crippen molar-refractivity contribution in [2.24, 2.45) is 0 Å². The number of nitrogens with zero attached hydrogens (tertiary/aromatic N) is 1. The van der Waals surface area contributed by atoms with Crippen molar-refractivity contribution in [2.45, 2.75) is 43.9 Å². The van der Waals surface area contributed by atoms with Crippen LogP contribution in [0.5, 0.6) is 5.75 Å². The summed E-state index contributed by atoms with van der Waals surface area (Å²) in [6.07, 6.45) is -6.80. The summed E-state index contributed by atoms with van der Waals surface area (Å²) in [6, 6.07) is 12.8. The molecule has 4 unspecified atom stereocenters. The number of amides is 1. The van der Waals surface area contributed by atoms with Crippen molar-refractivity contribution in [1.29, 1.82) is 0 Å². The summed E-state index contributed by atoms with van der Waals surface area (Å²) < 4.78 is 5.80. The number of likely N-dealkylation sites (N-methyl/N-ethyl adjacent to an activating group) is 1. The van der Waals surface area contributed by atoms with Crippen molar-refractivity contribution in [3.63, 3.8) is 0 Å². The molecule has 2 aromatic rings. The molecule has 0 heterocycles. The average molecular weight is 496 g/mol. The molecule has 34 heavy (non-hydrogen) atoms. The van der Waals surface area contributed by atoms with Gasteiger partial charge in [-0.15, -0.1) is 0 Å². The van der Waals surface area contributed by atoms with Gasteiger partial charge >= 0.3 is 0 Å². The van der Waals surface area contributed by atoms with Crippen LogP contribution >= 0.6 is 11.6 Å². The molecule has 10 heteroatoms. The van der Waals surface area contributed by atoms with Gasteiger partial charge in [0.25, 0.3) is 5.91 Å². The van der Waals surface area contributed by atoms with Crippen molar-refractivity contribution >= 4 is 23.3 Å². The zero-order chi connectivity index (χ0) is 25.6. The molecule has 0 bridgehead atoms. The third kappa shape index (κ3) is 6.99. The molecule has 0 saturated carbocycles. The molecule has 2 rings (SSSR count). The third-order valence-corrected chi connectivity index (χ3v) is 5.50. The van der Waals surface area contributed by atoms with Gasteiger partial charge < -0.3 is 35.2 Å². The van der Waals surface area contributed by atoms with Gasteiger partial charge in [-0.1, -0.05) is 11.6 Å². The molecule has 0 radical (unpaired) electrons. The van der Waals surface area contributed by atoms with Crippen LogP contribution in [0.2, 0.25) is 5.02 Å². The minimum atomic E-state index is -1.79. The summed E-state index contributed by atoms with van der Waals surface area (Å²) >= 11 is 5.85. The van der Waals surface area contributed by atoms with Gasteiger partial charge in [-0.3, -0.25) is 9.59 Å². The summed E-state index contributed by atoms with van der Waals surface area (Å²) in [5, 5.41) is 48.6. The molecule has 0 spiro atoms. The molecule has 186 valence electrons. The molecule has 0 aliphatic carbocycles. The van der Waals surface area contributed by atoms with Crippen molar-refractivity contribution < 1.29 is 39.9 Å². The van der Waals surface area contributed by atoms with Gasteiger partial charge in [-0.05, 0) is 62.4 Å². The lowest BCUT2D eigenvalue weighted by Crippen LogP contribution is -2.53. The second-order valence-corrected chi connectivity index (χ2v) is 8.89. The predicted molar refractivity (Wildman–Crippen MR) is 125 cm³/mol. The van der Waals surface area contributed by atoms with Crippen LogP contribution < -0.4 is 4.74 Å². The van der Waals surface area contributed by atoms with E-state index in [0.29, 0.717) is 21.9 Å². The Morgan fingerprint density at radius 3 is 1.88 bits per heavy atom. The molecule has 2 aromatic carbocycles. The van der Waals surface area contributed by atoms with Gasteiger partial charge in [0, 0.05) is 29.7 Å². The van der Waals surface area contributed by atoms with Gasteiger partial charge in [-0.25, -0.2) is 0 Å². The van der Waals surface area contributed by atoms with Crippen LogP contribution in [0.4, 0.5) is 0 Å². The number of ketones is 1. The fourth-order valence-electron chi connectivity index (χ4n) is 3.27. The number of hydrogen-bond acceptors (Lipinski definition) is 8. The minimum Gasteiger partial charge on any atom is -0.478 e. The second kappa shape index (κ2) is 11.7. The maximum atomic E-state index is 12.9. The van der Waals surface area contributed by atoms with Crippen LogP contribution in [0.25, 0.3) is 0 Å². The number of aliphatic hydroxyl groups is 5. The lowest BCUT2D eigenvalue weighted by atomic mass is 10.0. The molecule has 0 aliphatic heterocycles. The van der Waals surface area contributed by atoms with E-state index in [1.54, 1.807) is 48.5 Å². The zero-order valence-corrected chi connectivity index (χ0v) is 19.9. The molecule has 0 fully saturated rings. The van der Waals surface area contributed by atoms with Crippen LogP contribution in [0, 0.1) is 0 Å². The Balaban J connectivity index is 2.02. The standard InChI is InChI=1S/C24H30ClNO8/c1-24(2,23(33)26(3)12-18(28)21(31)22(32)19(29)13-27)34-17-10-6-15(7-11-17)20(30)14-4-8-16(25)9-5-14/h4-11,18-19,21-22,27-29,31-32H,12-13H2,1-3H3. The fraction of sp³-hybridized carbons (Fsp3) is 0.417. The predicted octanol–water partition coefficient (Wildman–Crippen LogP) is 0.623. The second-order valence-electron chi connectivity index (χ2n) is 8.46. The van der Waals surface area contributed by atoms with Crippen LogP contribution in [-0.2, 0) is 4.79 Å². The Hall–Kier alpha value is -2.53. The lowest BCUT2D eigenvalue weighted by molar-refractivity contribution is -0.149. The first kappa shape index (κ1) is 27.7. The largest absolute Gasteiger partial charge is 0.478 e. The molecule has 4 atom stereocenters. The Kier molecular flexibility index (Phi) is 9.57. The van der Waals surface area contributed by atoms with Crippen LogP contribution in [0.3, 0.4) is 0 Å². The first-order valence-electron chi connectivity index (χ1n) is 10.6. The Bertz CT molecular complexity index is 964. The van der Waals surface area contributed by atoms with Crippen LogP contribution in [0.1, 0.15) is 29.8 Å². The number of carbonyl (C=O) groups excluding carboxylic acids is 2. The lowest BCUT2D eigenvalue weighted by Gasteiger charge is -2.33. The van der Waals surface area contributed by atoms with Crippen molar-refractivity contribution in [3.05, 3.63) is 64.7 Å². The van der Waals surface area contributed by atoms with E-state index in [1.165, 1.54) is 20.9 Å². The van der Waals surface area contributed by atoms with E-state index in [-0.39, 0.29) is 12.3 Å². The highest BCUT2D eigenvalue weighted by Crippen LogP contribution is 2.22. The molecule has 1 amide bonds. The highest BCUT2D eigenvalue weighted by Gasteiger charge is 2.36. The quantitative estimate of drug-likeness (QED) is 0.285. The monoisotopic (exact) mass is 495 g/mol. The van der Waals surface area contributed by atoms with Gasteiger partial charge in [0.1, 0.15) is 30.2 Å². The average Bonchev–Trinajstić information content (AvgIpc) is 2.82. The number of aliphatic hydroxyl groups excluding tert-OH is 5. The molecular weight excluding hydrogens is 466 g/mol. The normalized spacial score (nSPS) is 15.2. The molecule has 0 saturated heterocycles. The highest BCUT2D eigenvalue weighted by atomic mass is 35.5. The summed E-state index contributed by atoms with van der Waals surface area (Å²) in [5.74, 6) is -0.391. The topological polar surface area (TPSA) is 148 Å². The van der Waals surface area contributed by atoms with Crippen molar-refractivity contribution in [3.8, 4) is 5.75 Å². The maximum absolute atomic E-state index is 12.9. The molecule has 5 N–H and O–H groups in total.